The minimum absolute atomic E-state index is 1.15. The number of rotatable bonds is 1. The van der Waals surface area contributed by atoms with Crippen molar-refractivity contribution >= 4 is 15.1 Å². The minimum atomic E-state index is 1.15. The zero-order valence-electron chi connectivity index (χ0n) is 6.31. The van der Waals surface area contributed by atoms with Gasteiger partial charge < -0.3 is 5.09 Å². The number of nitrogens with one attached hydrogen (secondary N) is 1. The van der Waals surface area contributed by atoms with Crippen molar-refractivity contribution in [2.45, 2.75) is 13.8 Å². The Kier molecular flexibility index (Phi) is 2.29. The first-order valence-electron chi connectivity index (χ1n) is 3.28. The predicted molar refractivity (Wildman–Crippen MR) is 49.2 cm³/mol. The van der Waals surface area contributed by atoms with E-state index in [4.69, 9.17) is 0 Å². The van der Waals surface area contributed by atoms with Crippen LogP contribution in [0.1, 0.15) is 11.1 Å². The molecule has 0 aromatic heterocycles. The quantitative estimate of drug-likeness (QED) is 0.611. The van der Waals surface area contributed by atoms with Crippen LogP contribution in [-0.4, -0.2) is 0 Å². The monoisotopic (exact) mass is 153 g/mol. The number of benzene rings is 1. The number of hydrogen-bond donors (Lipinski definition) is 1. The fraction of sp³-hybridized carbons (Fsp3) is 0.250. The molecule has 1 aromatic carbocycles. The Morgan fingerprint density at radius 2 is 1.90 bits per heavy atom. The molecule has 1 rings (SSSR count). The molecule has 54 valence electrons. The summed E-state index contributed by atoms with van der Waals surface area (Å²) in [6.07, 6.45) is 0. The van der Waals surface area contributed by atoms with E-state index < -0.39 is 0 Å². The highest BCUT2D eigenvalue weighted by Gasteiger charge is 1.91. The van der Waals surface area contributed by atoms with Crippen LogP contribution >= 0.6 is 9.39 Å². The molecule has 0 spiro atoms. The molecule has 0 aliphatic rings. The highest BCUT2D eigenvalue weighted by atomic mass is 31.0. The average Bonchev–Trinajstić information content (AvgIpc) is 1.95. The summed E-state index contributed by atoms with van der Waals surface area (Å²) in [4.78, 5) is 0. The normalized spacial score (nSPS) is 9.50. The smallest absolute Gasteiger partial charge is 0.0371 e. The Hall–Kier alpha value is -0.550. The Morgan fingerprint density at radius 1 is 1.20 bits per heavy atom. The van der Waals surface area contributed by atoms with Crippen molar-refractivity contribution in [3.63, 3.8) is 0 Å². The van der Waals surface area contributed by atoms with Crippen LogP contribution in [0, 0.1) is 13.8 Å². The maximum absolute atomic E-state index is 3.01. The summed E-state index contributed by atoms with van der Waals surface area (Å²) in [5, 5.41) is 3.01. The molecule has 0 heterocycles. The van der Waals surface area contributed by atoms with Crippen molar-refractivity contribution in [2.24, 2.45) is 0 Å². The summed E-state index contributed by atoms with van der Waals surface area (Å²) in [7, 11) is 2.48. The lowest BCUT2D eigenvalue weighted by atomic mass is 10.1. The second kappa shape index (κ2) is 3.03. The van der Waals surface area contributed by atoms with Crippen molar-refractivity contribution in [2.75, 3.05) is 5.09 Å². The molecule has 2 heteroatoms. The molecule has 0 aliphatic heterocycles. The van der Waals surface area contributed by atoms with E-state index in [1.54, 1.807) is 0 Å². The third-order valence-electron chi connectivity index (χ3n) is 1.67. The Morgan fingerprint density at radius 3 is 2.40 bits per heavy atom. The molecule has 0 saturated heterocycles. The molecule has 0 saturated carbocycles. The van der Waals surface area contributed by atoms with Gasteiger partial charge in [-0.05, 0) is 46.5 Å². The van der Waals surface area contributed by atoms with Crippen LogP contribution in [0.4, 0.5) is 5.69 Å². The van der Waals surface area contributed by atoms with Crippen LogP contribution in [0.3, 0.4) is 0 Å². The van der Waals surface area contributed by atoms with Gasteiger partial charge in [-0.3, -0.25) is 0 Å². The molecule has 1 atom stereocenters. The van der Waals surface area contributed by atoms with Crippen LogP contribution in [0.5, 0.6) is 0 Å². The Labute approximate surface area is 64.1 Å². The van der Waals surface area contributed by atoms with Gasteiger partial charge in [0.2, 0.25) is 0 Å². The SMILES string of the molecule is Cc1ccc(NP)cc1C. The summed E-state index contributed by atoms with van der Waals surface area (Å²) in [6, 6.07) is 6.30. The molecule has 10 heavy (non-hydrogen) atoms. The largest absolute Gasteiger partial charge is 0.369 e. The van der Waals surface area contributed by atoms with Crippen LogP contribution in [0.2, 0.25) is 0 Å². The van der Waals surface area contributed by atoms with Crippen molar-refractivity contribution in [1.82, 2.24) is 0 Å². The number of hydrogen-bond acceptors (Lipinski definition) is 1. The van der Waals surface area contributed by atoms with E-state index >= 15 is 0 Å². The first-order valence-corrected chi connectivity index (χ1v) is 3.85. The highest BCUT2D eigenvalue weighted by molar-refractivity contribution is 7.18. The molecular formula is C8H12NP. The summed E-state index contributed by atoms with van der Waals surface area (Å²) >= 11 is 0. The first kappa shape index (κ1) is 7.56. The molecule has 1 nitrogen and oxygen atoms in total. The van der Waals surface area contributed by atoms with Crippen molar-refractivity contribution in [1.29, 1.82) is 0 Å². The Balaban J connectivity index is 3.04. The topological polar surface area (TPSA) is 12.0 Å². The fourth-order valence-corrected chi connectivity index (χ4v) is 1.01. The van der Waals surface area contributed by atoms with E-state index in [2.05, 4.69) is 46.5 Å². The summed E-state index contributed by atoms with van der Waals surface area (Å²) in [5.41, 5.74) is 3.81. The van der Waals surface area contributed by atoms with Gasteiger partial charge in [0.05, 0.1) is 0 Å². The van der Waals surface area contributed by atoms with Crippen molar-refractivity contribution in [3.05, 3.63) is 29.3 Å². The Bertz CT molecular complexity index is 233. The second-order valence-electron chi connectivity index (χ2n) is 2.44. The average molecular weight is 153 g/mol. The number of anilines is 1. The lowest BCUT2D eigenvalue weighted by Crippen LogP contribution is -1.83. The van der Waals surface area contributed by atoms with Gasteiger partial charge in [0.1, 0.15) is 0 Å². The molecule has 1 N–H and O–H groups in total. The van der Waals surface area contributed by atoms with Gasteiger partial charge >= 0.3 is 0 Å². The van der Waals surface area contributed by atoms with E-state index in [0.717, 1.165) is 5.69 Å². The molecule has 0 fully saturated rings. The molecule has 1 unspecified atom stereocenters. The molecule has 0 aliphatic carbocycles. The molecular weight excluding hydrogens is 141 g/mol. The third-order valence-corrected chi connectivity index (χ3v) is 2.01. The van der Waals surface area contributed by atoms with Gasteiger partial charge in [-0.2, -0.15) is 0 Å². The summed E-state index contributed by atoms with van der Waals surface area (Å²) in [6.45, 7) is 4.22. The summed E-state index contributed by atoms with van der Waals surface area (Å²) in [5.74, 6) is 0. The molecule has 0 bridgehead atoms. The first-order chi connectivity index (χ1) is 4.74. The van der Waals surface area contributed by atoms with Crippen LogP contribution in [0.25, 0.3) is 0 Å². The van der Waals surface area contributed by atoms with Gasteiger partial charge in [-0.15, -0.1) is 0 Å². The van der Waals surface area contributed by atoms with Gasteiger partial charge in [0, 0.05) is 5.69 Å². The van der Waals surface area contributed by atoms with Crippen molar-refractivity contribution in [3.8, 4) is 0 Å². The maximum Gasteiger partial charge on any atom is 0.0371 e. The fourth-order valence-electron chi connectivity index (χ4n) is 0.831. The molecule has 0 radical (unpaired) electrons. The van der Waals surface area contributed by atoms with E-state index in [-0.39, 0.29) is 0 Å². The van der Waals surface area contributed by atoms with E-state index in [1.165, 1.54) is 11.1 Å². The highest BCUT2D eigenvalue weighted by Crippen LogP contribution is 2.14. The minimum Gasteiger partial charge on any atom is -0.369 e. The zero-order chi connectivity index (χ0) is 7.56. The van der Waals surface area contributed by atoms with Gasteiger partial charge in [-0.1, -0.05) is 6.07 Å². The van der Waals surface area contributed by atoms with Gasteiger partial charge in [0.15, 0.2) is 0 Å². The lowest BCUT2D eigenvalue weighted by Gasteiger charge is -2.02. The standard InChI is InChI=1S/C8H12NP/c1-6-3-4-8(9-10)5-7(6)2/h3-5,9H,10H2,1-2H3. The van der Waals surface area contributed by atoms with E-state index in [0.29, 0.717) is 0 Å². The zero-order valence-corrected chi connectivity index (χ0v) is 7.46. The van der Waals surface area contributed by atoms with Crippen LogP contribution < -0.4 is 5.09 Å². The van der Waals surface area contributed by atoms with Gasteiger partial charge in [-0.25, -0.2) is 0 Å². The molecule has 1 aromatic rings. The summed E-state index contributed by atoms with van der Waals surface area (Å²) < 4.78 is 0. The van der Waals surface area contributed by atoms with E-state index in [1.807, 2.05) is 0 Å². The van der Waals surface area contributed by atoms with Crippen LogP contribution in [0.15, 0.2) is 18.2 Å². The van der Waals surface area contributed by atoms with Crippen molar-refractivity contribution < 1.29 is 0 Å². The second-order valence-corrected chi connectivity index (χ2v) is 2.73. The maximum atomic E-state index is 3.01. The van der Waals surface area contributed by atoms with Crippen LogP contribution in [-0.2, 0) is 0 Å². The number of aryl methyl sites for hydroxylation is 2. The molecule has 0 amide bonds. The predicted octanol–water partition coefficient (Wildman–Crippen LogP) is 2.51. The van der Waals surface area contributed by atoms with Gasteiger partial charge in [0.25, 0.3) is 0 Å². The van der Waals surface area contributed by atoms with E-state index in [9.17, 15) is 0 Å². The lowest BCUT2D eigenvalue weighted by molar-refractivity contribution is 1.34. The third kappa shape index (κ3) is 1.48.